The number of carbonyl (C=O) groups excluding carboxylic acids is 3. The molecule has 0 spiro atoms. The number of aromatic hydroxyl groups is 2. The van der Waals surface area contributed by atoms with Gasteiger partial charge in [-0.15, -0.1) is 0 Å². The molecule has 1 saturated heterocycles. The van der Waals surface area contributed by atoms with Gasteiger partial charge in [0.2, 0.25) is 5.78 Å². The summed E-state index contributed by atoms with van der Waals surface area (Å²) in [5.74, 6) is -3.30. The van der Waals surface area contributed by atoms with E-state index in [-0.39, 0.29) is 40.8 Å². The molecule has 0 aromatic heterocycles. The molecule has 1 fully saturated rings. The van der Waals surface area contributed by atoms with E-state index in [1.807, 2.05) is 30.3 Å². The third-order valence-corrected chi connectivity index (χ3v) is 9.61. The molecule has 3 aromatic carbocycles. The van der Waals surface area contributed by atoms with Crippen molar-refractivity contribution in [3.05, 3.63) is 87.5 Å². The van der Waals surface area contributed by atoms with Gasteiger partial charge in [-0.2, -0.15) is 5.26 Å². The van der Waals surface area contributed by atoms with Gasteiger partial charge in [0.15, 0.2) is 17.9 Å². The number of methoxy groups -OCH3 is 1. The number of hydrogen-bond acceptors (Lipinski definition) is 12. The number of aliphatic hydroxyl groups excluding tert-OH is 1. The summed E-state index contributed by atoms with van der Waals surface area (Å²) >= 11 is 0. The number of nitriles is 1. The summed E-state index contributed by atoms with van der Waals surface area (Å²) in [6, 6.07) is 14.7. The number of benzene rings is 3. The molecule has 250 valence electrons. The molecule has 0 bridgehead atoms. The van der Waals surface area contributed by atoms with Crippen LogP contribution >= 0.6 is 0 Å². The lowest BCUT2D eigenvalue weighted by atomic mass is 9.72. The van der Waals surface area contributed by atoms with Crippen LogP contribution in [0, 0.1) is 11.3 Å². The molecule has 1 aliphatic heterocycles. The molecule has 0 radical (unpaired) electrons. The number of carbonyl (C=O) groups is 3. The first kappa shape index (κ1) is 33.3. The van der Waals surface area contributed by atoms with Crippen molar-refractivity contribution < 1.29 is 49.0 Å². The third kappa shape index (κ3) is 5.63. The van der Waals surface area contributed by atoms with E-state index in [0.717, 1.165) is 5.56 Å². The Kier molecular flexibility index (Phi) is 8.84. The van der Waals surface area contributed by atoms with Gasteiger partial charge >= 0.3 is 0 Å². The number of phenols is 2. The normalized spacial score (nSPS) is 26.9. The molecule has 0 saturated carbocycles. The number of fused-ring (bicyclic) bond motifs is 3. The van der Waals surface area contributed by atoms with Gasteiger partial charge in [-0.1, -0.05) is 42.5 Å². The second-order valence-electron chi connectivity index (χ2n) is 12.6. The molecule has 12 nitrogen and oxygen atoms in total. The van der Waals surface area contributed by atoms with Crippen LogP contribution < -0.4 is 10.1 Å². The van der Waals surface area contributed by atoms with Crippen molar-refractivity contribution in [3.63, 3.8) is 0 Å². The number of hydrogen-bond donors (Lipinski definition) is 5. The minimum absolute atomic E-state index is 0.0302. The molecule has 3 aromatic rings. The van der Waals surface area contributed by atoms with E-state index in [0.29, 0.717) is 6.42 Å². The van der Waals surface area contributed by atoms with Gasteiger partial charge in [-0.05, 0) is 25.5 Å². The summed E-state index contributed by atoms with van der Waals surface area (Å²) in [4.78, 5) is 40.3. The van der Waals surface area contributed by atoms with Crippen LogP contribution in [0.2, 0.25) is 0 Å². The van der Waals surface area contributed by atoms with Gasteiger partial charge < -0.3 is 34.6 Å². The Labute approximate surface area is 276 Å². The van der Waals surface area contributed by atoms with Crippen molar-refractivity contribution in [1.29, 1.82) is 5.26 Å². The quantitative estimate of drug-likeness (QED) is 0.174. The first-order valence-electron chi connectivity index (χ1n) is 15.7. The lowest BCUT2D eigenvalue weighted by Crippen LogP contribution is -2.56. The van der Waals surface area contributed by atoms with Crippen molar-refractivity contribution in [3.8, 4) is 23.3 Å². The summed E-state index contributed by atoms with van der Waals surface area (Å²) < 4.78 is 17.6. The van der Waals surface area contributed by atoms with Crippen LogP contribution in [-0.2, 0) is 27.1 Å². The fourth-order valence-corrected chi connectivity index (χ4v) is 7.04. The van der Waals surface area contributed by atoms with Gasteiger partial charge in [0.05, 0.1) is 54.2 Å². The van der Waals surface area contributed by atoms with Gasteiger partial charge in [0.25, 0.3) is 0 Å². The Morgan fingerprint density at radius 2 is 1.79 bits per heavy atom. The molecular weight excluding hydrogens is 620 g/mol. The second-order valence-corrected chi connectivity index (χ2v) is 12.6. The summed E-state index contributed by atoms with van der Waals surface area (Å²) in [6.45, 7) is 2.81. The van der Waals surface area contributed by atoms with E-state index in [4.69, 9.17) is 14.2 Å². The molecular formula is C36H36N2O10. The molecule has 6 rings (SSSR count). The third-order valence-electron chi connectivity index (χ3n) is 9.61. The first-order chi connectivity index (χ1) is 22.9. The van der Waals surface area contributed by atoms with E-state index in [2.05, 4.69) is 11.4 Å². The highest BCUT2D eigenvalue weighted by atomic mass is 16.7. The first-order valence-corrected chi connectivity index (χ1v) is 15.7. The highest BCUT2D eigenvalue weighted by Gasteiger charge is 2.49. The predicted molar refractivity (Wildman–Crippen MR) is 169 cm³/mol. The highest BCUT2D eigenvalue weighted by molar-refractivity contribution is 6.31. The van der Waals surface area contributed by atoms with Gasteiger partial charge in [-0.25, -0.2) is 0 Å². The maximum absolute atomic E-state index is 13.9. The molecule has 3 aliphatic rings. The average molecular weight is 657 g/mol. The van der Waals surface area contributed by atoms with Crippen LogP contribution in [0.5, 0.6) is 17.2 Å². The highest BCUT2D eigenvalue weighted by Crippen LogP contribution is 2.52. The SMILES string of the molecule is COc1cccc2c1C(=O)c1c(O)c3c(c(O)c1C2=O)C[C@@](O)(C(C)=O)C[C@@H]3OC1CC(NC(C#N)Cc2ccccc2)C(O)C(C)O1. The second kappa shape index (κ2) is 12.8. The molecule has 7 atom stereocenters. The van der Waals surface area contributed by atoms with Crippen molar-refractivity contribution in [2.45, 2.75) is 81.8 Å². The lowest BCUT2D eigenvalue weighted by molar-refractivity contribution is -0.250. The molecule has 1 heterocycles. The van der Waals surface area contributed by atoms with Crippen molar-refractivity contribution in [1.82, 2.24) is 5.32 Å². The Hall–Kier alpha value is -4.64. The molecule has 48 heavy (non-hydrogen) atoms. The van der Waals surface area contributed by atoms with Crippen molar-refractivity contribution in [2.24, 2.45) is 0 Å². The van der Waals surface area contributed by atoms with Gasteiger partial charge in [0, 0.05) is 48.4 Å². The number of ether oxygens (including phenoxy) is 3. The van der Waals surface area contributed by atoms with Crippen molar-refractivity contribution >= 4 is 17.3 Å². The van der Waals surface area contributed by atoms with Crippen LogP contribution in [-0.4, -0.2) is 81.1 Å². The minimum Gasteiger partial charge on any atom is -0.507 e. The maximum Gasteiger partial charge on any atom is 0.202 e. The van der Waals surface area contributed by atoms with E-state index < -0.39 is 88.7 Å². The van der Waals surface area contributed by atoms with Gasteiger partial charge in [0.1, 0.15) is 22.8 Å². The van der Waals surface area contributed by atoms with E-state index in [1.165, 1.54) is 32.2 Å². The molecule has 5 unspecified atom stereocenters. The maximum atomic E-state index is 13.9. The van der Waals surface area contributed by atoms with Crippen LogP contribution in [0.1, 0.15) is 81.3 Å². The molecule has 2 aliphatic carbocycles. The van der Waals surface area contributed by atoms with E-state index >= 15 is 0 Å². The Morgan fingerprint density at radius 3 is 2.46 bits per heavy atom. The zero-order chi connectivity index (χ0) is 34.5. The number of aliphatic hydroxyl groups is 2. The molecule has 5 N–H and O–H groups in total. The average Bonchev–Trinajstić information content (AvgIpc) is 3.06. The summed E-state index contributed by atoms with van der Waals surface area (Å²) in [7, 11) is 1.34. The largest absolute Gasteiger partial charge is 0.507 e. The van der Waals surface area contributed by atoms with Crippen molar-refractivity contribution in [2.75, 3.05) is 7.11 Å². The summed E-state index contributed by atoms with van der Waals surface area (Å²) in [5.41, 5.74) is -2.31. The summed E-state index contributed by atoms with van der Waals surface area (Å²) in [5, 5.41) is 58.8. The number of nitrogens with one attached hydrogen (secondary N) is 1. The number of rotatable bonds is 8. The van der Waals surface area contributed by atoms with E-state index in [1.54, 1.807) is 6.92 Å². The Balaban J connectivity index is 1.37. The molecule has 0 amide bonds. The van der Waals surface area contributed by atoms with Crippen LogP contribution in [0.15, 0.2) is 48.5 Å². The summed E-state index contributed by atoms with van der Waals surface area (Å²) in [6.07, 6.45) is -4.60. The zero-order valence-corrected chi connectivity index (χ0v) is 26.6. The Morgan fingerprint density at radius 1 is 1.08 bits per heavy atom. The predicted octanol–water partition coefficient (Wildman–Crippen LogP) is 2.79. The fourth-order valence-electron chi connectivity index (χ4n) is 7.04. The van der Waals surface area contributed by atoms with Crippen LogP contribution in [0.4, 0.5) is 0 Å². The smallest absolute Gasteiger partial charge is 0.202 e. The fraction of sp³-hybridized carbons (Fsp3) is 0.389. The number of phenolic OH excluding ortho intramolecular Hbond substituents is 2. The lowest BCUT2D eigenvalue weighted by Gasteiger charge is -2.43. The monoisotopic (exact) mass is 656 g/mol. The number of ketones is 3. The molecule has 12 heteroatoms. The van der Waals surface area contributed by atoms with E-state index in [9.17, 15) is 40.1 Å². The topological polar surface area (TPSA) is 196 Å². The Bertz CT molecular complexity index is 1840. The van der Waals surface area contributed by atoms with Crippen LogP contribution in [0.3, 0.4) is 0 Å². The standard InChI is InChI=1S/C36H36N2O10/c1-17-31(40)23(38-20(16-37)12-19-8-5-4-6-9-19)13-26(47-17)48-25-15-36(45,18(2)39)14-22-28(25)35(44)30-29(33(22)42)32(41)21-10-7-11-24(46-3)27(21)34(30)43/h4-11,17,20,23,25-26,31,38,40,42,44-45H,12-15H2,1-3H3/t17?,20?,23?,25-,26?,31?,36-/m0/s1. The number of Topliss-reactive ketones (excluding diaryl/α,β-unsaturated/α-hetero) is 1. The van der Waals surface area contributed by atoms with Crippen LogP contribution in [0.25, 0.3) is 0 Å². The van der Waals surface area contributed by atoms with Gasteiger partial charge in [-0.3, -0.25) is 19.7 Å². The zero-order valence-electron chi connectivity index (χ0n) is 26.6. The number of nitrogens with zero attached hydrogens (tertiary/aromatic N) is 1. The minimum atomic E-state index is -2.06.